The van der Waals surface area contributed by atoms with E-state index in [-0.39, 0.29) is 24.0 Å². The molecule has 0 unspecified atom stereocenters. The second-order valence-electron chi connectivity index (χ2n) is 7.65. The number of likely N-dealkylation sites (tertiary alicyclic amines) is 1. The number of rotatable bonds is 7. The maximum Gasteiger partial charge on any atom is 0.294 e. The molecule has 2 fully saturated rings. The lowest BCUT2D eigenvalue weighted by molar-refractivity contribution is -0.135. The van der Waals surface area contributed by atoms with Gasteiger partial charge in [0.1, 0.15) is 13.2 Å². The molecule has 2 heterocycles. The van der Waals surface area contributed by atoms with E-state index in [1.807, 2.05) is 12.1 Å². The van der Waals surface area contributed by atoms with Gasteiger partial charge in [-0.15, -0.1) is 0 Å². The van der Waals surface area contributed by atoms with E-state index >= 15 is 0 Å². The fourth-order valence-electron chi connectivity index (χ4n) is 3.68. The van der Waals surface area contributed by atoms with Crippen molar-refractivity contribution < 1.29 is 23.9 Å². The van der Waals surface area contributed by atoms with Crippen LogP contribution in [0.25, 0.3) is 6.08 Å². The van der Waals surface area contributed by atoms with Gasteiger partial charge in [-0.3, -0.25) is 19.3 Å². The topological polar surface area (TPSA) is 76.2 Å². The summed E-state index contributed by atoms with van der Waals surface area (Å²) in [5, 5.41) is 0.181. The molecule has 4 rings (SSSR count). The average Bonchev–Trinajstić information content (AvgIpc) is 3.44. The lowest BCUT2D eigenvalue weighted by atomic mass is 10.1. The Bertz CT molecular complexity index is 1100. The first-order chi connectivity index (χ1) is 16.0. The maximum atomic E-state index is 12.9. The van der Waals surface area contributed by atoms with Gasteiger partial charge in [0.05, 0.1) is 12.0 Å². The molecule has 2 aliphatic heterocycles. The first-order valence-electron chi connectivity index (χ1n) is 10.5. The molecule has 7 nitrogen and oxygen atoms in total. The van der Waals surface area contributed by atoms with Crippen molar-refractivity contribution in [2.75, 3.05) is 26.7 Å². The number of methoxy groups -OCH3 is 1. The van der Waals surface area contributed by atoms with Crippen molar-refractivity contribution in [3.8, 4) is 11.5 Å². The summed E-state index contributed by atoms with van der Waals surface area (Å²) in [7, 11) is 1.53. The molecule has 0 aromatic heterocycles. The van der Waals surface area contributed by atoms with Crippen LogP contribution in [0.4, 0.5) is 4.79 Å². The van der Waals surface area contributed by atoms with Gasteiger partial charge >= 0.3 is 0 Å². The third-order valence-corrected chi connectivity index (χ3v) is 6.60. The number of hydrogen-bond donors (Lipinski definition) is 0. The van der Waals surface area contributed by atoms with Crippen LogP contribution in [0, 0.1) is 0 Å². The molecule has 33 heavy (non-hydrogen) atoms. The minimum absolute atomic E-state index is 0.204. The normalized spacial score (nSPS) is 17.2. The molecular formula is C24H23ClN2O5S. The second-order valence-corrected chi connectivity index (χ2v) is 9.08. The van der Waals surface area contributed by atoms with Crippen LogP contribution in [0.5, 0.6) is 11.5 Å². The van der Waals surface area contributed by atoms with Crippen molar-refractivity contribution in [2.45, 2.75) is 19.4 Å². The van der Waals surface area contributed by atoms with Gasteiger partial charge in [-0.05, 0) is 54.4 Å². The molecule has 0 aliphatic carbocycles. The molecule has 172 valence electrons. The number of para-hydroxylation sites is 1. The van der Waals surface area contributed by atoms with E-state index in [1.165, 1.54) is 7.11 Å². The summed E-state index contributed by atoms with van der Waals surface area (Å²) in [6.07, 6.45) is 3.50. The van der Waals surface area contributed by atoms with Gasteiger partial charge < -0.3 is 14.4 Å². The molecule has 2 aliphatic rings. The molecule has 3 amide bonds. The monoisotopic (exact) mass is 486 g/mol. The molecule has 0 atom stereocenters. The minimum Gasteiger partial charge on any atom is -0.493 e. The highest BCUT2D eigenvalue weighted by molar-refractivity contribution is 8.18. The summed E-state index contributed by atoms with van der Waals surface area (Å²) in [6.45, 7) is 1.37. The number of halogens is 1. The number of carbonyl (C=O) groups excluding carboxylic acids is 3. The number of hydrogen-bond acceptors (Lipinski definition) is 6. The number of nitrogens with zero attached hydrogens (tertiary/aromatic N) is 2. The fourth-order valence-corrected chi connectivity index (χ4v) is 4.63. The van der Waals surface area contributed by atoms with Gasteiger partial charge in [0.2, 0.25) is 5.91 Å². The first-order valence-corrected chi connectivity index (χ1v) is 11.7. The Hall–Kier alpha value is -2.97. The molecule has 2 aromatic rings. The predicted octanol–water partition coefficient (Wildman–Crippen LogP) is 4.59. The summed E-state index contributed by atoms with van der Waals surface area (Å²) in [6, 6.07) is 12.6. The molecule has 2 saturated heterocycles. The SMILES string of the molecule is COc1cccc(/C=C2/SC(=O)N(CC(=O)N3CCCC3)C2=O)c1OCc1ccc(Cl)cc1. The summed E-state index contributed by atoms with van der Waals surface area (Å²) < 4.78 is 11.5. The van der Waals surface area contributed by atoms with E-state index < -0.39 is 11.1 Å². The summed E-state index contributed by atoms with van der Waals surface area (Å²) in [4.78, 5) is 40.8. The fraction of sp³-hybridized carbons (Fsp3) is 0.292. The van der Waals surface area contributed by atoms with Crippen molar-refractivity contribution >= 4 is 46.5 Å². The Balaban J connectivity index is 1.53. The van der Waals surface area contributed by atoms with Gasteiger partial charge in [0.15, 0.2) is 11.5 Å². The first kappa shape index (κ1) is 23.2. The number of imide groups is 1. The largest absolute Gasteiger partial charge is 0.493 e. The second kappa shape index (κ2) is 10.3. The van der Waals surface area contributed by atoms with Crippen LogP contribution in [-0.2, 0) is 16.2 Å². The Morgan fingerprint density at radius 2 is 1.85 bits per heavy atom. The highest BCUT2D eigenvalue weighted by Crippen LogP contribution is 2.37. The molecule has 9 heteroatoms. The van der Waals surface area contributed by atoms with E-state index in [2.05, 4.69) is 0 Å². The lowest BCUT2D eigenvalue weighted by Gasteiger charge is -2.18. The average molecular weight is 487 g/mol. The number of ether oxygens (including phenoxy) is 2. The van der Waals surface area contributed by atoms with Crippen LogP contribution in [0.2, 0.25) is 5.02 Å². The number of amides is 3. The Kier molecular flexibility index (Phi) is 7.25. The zero-order valence-corrected chi connectivity index (χ0v) is 19.7. The van der Waals surface area contributed by atoms with E-state index in [0.29, 0.717) is 35.2 Å². The van der Waals surface area contributed by atoms with Crippen molar-refractivity contribution in [1.29, 1.82) is 0 Å². The smallest absolute Gasteiger partial charge is 0.294 e. The van der Waals surface area contributed by atoms with Crippen LogP contribution in [0.3, 0.4) is 0 Å². The van der Waals surface area contributed by atoms with Crippen LogP contribution in [0.15, 0.2) is 47.4 Å². The quantitative estimate of drug-likeness (QED) is 0.533. The van der Waals surface area contributed by atoms with Crippen molar-refractivity contribution in [1.82, 2.24) is 9.80 Å². The van der Waals surface area contributed by atoms with Crippen LogP contribution in [0.1, 0.15) is 24.0 Å². The van der Waals surface area contributed by atoms with Gasteiger partial charge in [-0.25, -0.2) is 0 Å². The highest BCUT2D eigenvalue weighted by Gasteiger charge is 2.37. The zero-order chi connectivity index (χ0) is 23.4. The van der Waals surface area contributed by atoms with Crippen molar-refractivity contribution in [3.63, 3.8) is 0 Å². The zero-order valence-electron chi connectivity index (χ0n) is 18.1. The van der Waals surface area contributed by atoms with E-state index in [9.17, 15) is 14.4 Å². The van der Waals surface area contributed by atoms with E-state index in [0.717, 1.165) is 35.1 Å². The van der Waals surface area contributed by atoms with Crippen molar-refractivity contribution in [3.05, 3.63) is 63.5 Å². The number of carbonyl (C=O) groups is 3. The Morgan fingerprint density at radius 1 is 1.12 bits per heavy atom. The number of benzene rings is 2. The minimum atomic E-state index is -0.482. The molecule has 0 N–H and O–H groups in total. The van der Waals surface area contributed by atoms with Gasteiger partial charge in [0.25, 0.3) is 11.1 Å². The van der Waals surface area contributed by atoms with Crippen LogP contribution in [-0.4, -0.2) is 53.6 Å². The van der Waals surface area contributed by atoms with Crippen molar-refractivity contribution in [2.24, 2.45) is 0 Å². The Morgan fingerprint density at radius 3 is 2.55 bits per heavy atom. The summed E-state index contributed by atoms with van der Waals surface area (Å²) in [5.41, 5.74) is 1.51. The van der Waals surface area contributed by atoms with Gasteiger partial charge in [-0.2, -0.15) is 0 Å². The molecule has 0 saturated carbocycles. The van der Waals surface area contributed by atoms with Gasteiger partial charge in [-0.1, -0.05) is 35.9 Å². The third kappa shape index (κ3) is 5.34. The molecule has 0 bridgehead atoms. The predicted molar refractivity (Wildman–Crippen MR) is 127 cm³/mol. The summed E-state index contributed by atoms with van der Waals surface area (Å²) in [5.74, 6) is 0.268. The molecule has 2 aromatic carbocycles. The lowest BCUT2D eigenvalue weighted by Crippen LogP contribution is -2.40. The van der Waals surface area contributed by atoms with E-state index in [1.54, 1.807) is 41.3 Å². The highest BCUT2D eigenvalue weighted by atomic mass is 35.5. The standard InChI is InChI=1S/C24H23ClN2O5S/c1-31-19-6-4-5-17(22(19)32-15-16-7-9-18(25)10-8-16)13-20-23(29)27(24(30)33-20)14-21(28)26-11-2-3-12-26/h4-10,13H,2-3,11-12,14-15H2,1H3/b20-13+. The molecule has 0 spiro atoms. The van der Waals surface area contributed by atoms with Crippen LogP contribution >= 0.6 is 23.4 Å². The Labute approximate surface area is 201 Å². The maximum absolute atomic E-state index is 12.9. The molecular weight excluding hydrogens is 464 g/mol. The summed E-state index contributed by atoms with van der Waals surface area (Å²) >= 11 is 6.76. The third-order valence-electron chi connectivity index (χ3n) is 5.44. The molecule has 0 radical (unpaired) electrons. The van der Waals surface area contributed by atoms with Gasteiger partial charge in [0, 0.05) is 23.7 Å². The van der Waals surface area contributed by atoms with Crippen LogP contribution < -0.4 is 9.47 Å². The number of thioether (sulfide) groups is 1. The van der Waals surface area contributed by atoms with E-state index in [4.69, 9.17) is 21.1 Å².